The zero-order chi connectivity index (χ0) is 17.6. The molecule has 0 aromatic carbocycles. The summed E-state index contributed by atoms with van der Waals surface area (Å²) in [5, 5.41) is 3.69. The van der Waals surface area contributed by atoms with E-state index in [4.69, 9.17) is 4.74 Å². The number of carbonyl (C=O) groups is 2. The summed E-state index contributed by atoms with van der Waals surface area (Å²) < 4.78 is 4.96. The van der Waals surface area contributed by atoms with Gasteiger partial charge in [0.15, 0.2) is 0 Å². The maximum atomic E-state index is 12.4. The number of rotatable bonds is 5. The molecular formula is C19H29N2O3S+. The smallest absolute Gasteiger partial charge is 0.341 e. The van der Waals surface area contributed by atoms with Gasteiger partial charge < -0.3 is 15.0 Å². The first-order chi connectivity index (χ1) is 12.2. The topological polar surface area (TPSA) is 59.8 Å². The fraction of sp³-hybridized carbons (Fsp3) is 0.684. The van der Waals surface area contributed by atoms with Crippen LogP contribution < -0.4 is 10.2 Å². The van der Waals surface area contributed by atoms with E-state index in [1.807, 2.05) is 0 Å². The Kier molecular flexibility index (Phi) is 6.48. The first kappa shape index (κ1) is 18.4. The molecule has 0 unspecified atom stereocenters. The molecular weight excluding hydrogens is 336 g/mol. The van der Waals surface area contributed by atoms with E-state index < -0.39 is 0 Å². The second-order valence-electron chi connectivity index (χ2n) is 7.12. The van der Waals surface area contributed by atoms with E-state index >= 15 is 0 Å². The van der Waals surface area contributed by atoms with Crippen molar-refractivity contribution in [2.75, 3.05) is 32.1 Å². The van der Waals surface area contributed by atoms with Gasteiger partial charge in [-0.05, 0) is 56.9 Å². The van der Waals surface area contributed by atoms with E-state index in [0.717, 1.165) is 37.8 Å². The second kappa shape index (κ2) is 8.81. The molecule has 0 spiro atoms. The number of esters is 1. The van der Waals surface area contributed by atoms with Crippen LogP contribution in [-0.2, 0) is 22.4 Å². The number of amides is 1. The molecule has 5 nitrogen and oxygen atoms in total. The van der Waals surface area contributed by atoms with Gasteiger partial charge in [0, 0.05) is 4.88 Å². The van der Waals surface area contributed by atoms with Crippen LogP contribution in [0.15, 0.2) is 0 Å². The molecule has 0 bridgehead atoms. The molecule has 1 aromatic rings. The highest BCUT2D eigenvalue weighted by molar-refractivity contribution is 7.17. The van der Waals surface area contributed by atoms with Gasteiger partial charge in [-0.3, -0.25) is 4.79 Å². The van der Waals surface area contributed by atoms with E-state index in [1.54, 1.807) is 11.3 Å². The lowest BCUT2D eigenvalue weighted by Crippen LogP contribution is -3.12. The number of hydrogen-bond acceptors (Lipinski definition) is 4. The quantitative estimate of drug-likeness (QED) is 0.787. The Labute approximate surface area is 153 Å². The number of thiophene rings is 1. The highest BCUT2D eigenvalue weighted by Crippen LogP contribution is 2.38. The number of ether oxygens (including phenoxy) is 1. The van der Waals surface area contributed by atoms with Gasteiger partial charge in [0.1, 0.15) is 5.00 Å². The number of methoxy groups -OCH3 is 1. The molecule has 1 aliphatic carbocycles. The van der Waals surface area contributed by atoms with Crippen molar-refractivity contribution in [2.45, 2.75) is 57.8 Å². The molecule has 2 aliphatic rings. The van der Waals surface area contributed by atoms with Gasteiger partial charge in [-0.15, -0.1) is 11.3 Å². The van der Waals surface area contributed by atoms with E-state index in [2.05, 4.69) is 5.32 Å². The molecule has 6 heteroatoms. The standard InChI is InChI=1S/C19H28N2O3S/c1-24-19(23)17-14-8-4-5-9-15(14)25-18(17)20-16(22)10-13-21-11-6-2-3-7-12-21/h2-13H2,1H3,(H,20,22)/p+1. The molecule has 2 heterocycles. The van der Waals surface area contributed by atoms with Crippen LogP contribution in [0.3, 0.4) is 0 Å². The predicted molar refractivity (Wildman–Crippen MR) is 99.6 cm³/mol. The summed E-state index contributed by atoms with van der Waals surface area (Å²) in [7, 11) is 1.41. The number of aryl methyl sites for hydroxylation is 1. The summed E-state index contributed by atoms with van der Waals surface area (Å²) in [5.41, 5.74) is 1.69. The van der Waals surface area contributed by atoms with E-state index in [1.165, 1.54) is 55.7 Å². The van der Waals surface area contributed by atoms with E-state index in [-0.39, 0.29) is 11.9 Å². The van der Waals surface area contributed by atoms with Crippen LogP contribution in [0.4, 0.5) is 5.00 Å². The van der Waals surface area contributed by atoms with Crippen molar-refractivity contribution in [3.63, 3.8) is 0 Å². The van der Waals surface area contributed by atoms with Gasteiger partial charge in [-0.25, -0.2) is 4.79 Å². The Morgan fingerprint density at radius 2 is 1.80 bits per heavy atom. The van der Waals surface area contributed by atoms with Crippen LogP contribution in [0.5, 0.6) is 0 Å². The molecule has 0 atom stereocenters. The monoisotopic (exact) mass is 365 g/mol. The van der Waals surface area contributed by atoms with Gasteiger partial charge in [0.05, 0.1) is 38.7 Å². The highest BCUT2D eigenvalue weighted by atomic mass is 32.1. The van der Waals surface area contributed by atoms with Crippen molar-refractivity contribution < 1.29 is 19.2 Å². The summed E-state index contributed by atoms with van der Waals surface area (Å²) >= 11 is 1.56. The van der Waals surface area contributed by atoms with Gasteiger partial charge in [-0.1, -0.05) is 0 Å². The lowest BCUT2D eigenvalue weighted by Gasteiger charge is -2.16. The maximum Gasteiger partial charge on any atom is 0.341 e. The number of carbonyl (C=O) groups excluding carboxylic acids is 2. The largest absolute Gasteiger partial charge is 0.465 e. The zero-order valence-corrected chi connectivity index (χ0v) is 15.9. The number of likely N-dealkylation sites (tertiary alicyclic amines) is 1. The molecule has 2 N–H and O–H groups in total. The zero-order valence-electron chi connectivity index (χ0n) is 15.1. The summed E-state index contributed by atoms with van der Waals surface area (Å²) in [6.07, 6.45) is 9.83. The summed E-state index contributed by atoms with van der Waals surface area (Å²) in [6.45, 7) is 3.23. The third-order valence-electron chi connectivity index (χ3n) is 5.33. The average Bonchev–Trinajstić information content (AvgIpc) is 2.79. The van der Waals surface area contributed by atoms with Gasteiger partial charge in [0.25, 0.3) is 0 Å². The average molecular weight is 366 g/mol. The molecule has 1 aliphatic heterocycles. The number of fused-ring (bicyclic) bond motifs is 1. The summed E-state index contributed by atoms with van der Waals surface area (Å²) in [6, 6.07) is 0. The van der Waals surface area contributed by atoms with Gasteiger partial charge in [0.2, 0.25) is 5.91 Å². The van der Waals surface area contributed by atoms with Crippen LogP contribution in [0.2, 0.25) is 0 Å². The Balaban J connectivity index is 1.64. The molecule has 3 rings (SSSR count). The fourth-order valence-electron chi connectivity index (χ4n) is 3.93. The molecule has 1 fully saturated rings. The minimum absolute atomic E-state index is 0.0143. The second-order valence-corrected chi connectivity index (χ2v) is 8.22. The van der Waals surface area contributed by atoms with Crippen molar-refractivity contribution in [1.29, 1.82) is 0 Å². The first-order valence-corrected chi connectivity index (χ1v) is 10.4. The van der Waals surface area contributed by atoms with Crippen LogP contribution in [0.25, 0.3) is 0 Å². The number of nitrogens with one attached hydrogen (secondary N) is 2. The third-order valence-corrected chi connectivity index (χ3v) is 6.54. The van der Waals surface area contributed by atoms with Crippen LogP contribution in [-0.4, -0.2) is 38.6 Å². The number of anilines is 1. The number of hydrogen-bond donors (Lipinski definition) is 2. The van der Waals surface area contributed by atoms with Crippen molar-refractivity contribution >= 4 is 28.2 Å². The van der Waals surface area contributed by atoms with Crippen LogP contribution in [0.1, 0.15) is 65.7 Å². The van der Waals surface area contributed by atoms with Crippen molar-refractivity contribution in [3.05, 3.63) is 16.0 Å². The van der Waals surface area contributed by atoms with Crippen LogP contribution >= 0.6 is 11.3 Å². The Morgan fingerprint density at radius 3 is 2.52 bits per heavy atom. The van der Waals surface area contributed by atoms with E-state index in [9.17, 15) is 9.59 Å². The molecule has 25 heavy (non-hydrogen) atoms. The molecule has 1 amide bonds. The lowest BCUT2D eigenvalue weighted by molar-refractivity contribution is -0.898. The lowest BCUT2D eigenvalue weighted by atomic mass is 9.95. The predicted octanol–water partition coefficient (Wildman–Crippen LogP) is 2.20. The number of quaternary nitrogens is 1. The molecule has 138 valence electrons. The highest BCUT2D eigenvalue weighted by Gasteiger charge is 2.27. The Bertz CT molecular complexity index is 618. The SMILES string of the molecule is COC(=O)c1c(NC(=O)CC[NH+]2CCCCCC2)sc2c1CCCC2. The molecule has 1 aromatic heterocycles. The van der Waals surface area contributed by atoms with Gasteiger partial charge in [-0.2, -0.15) is 0 Å². The van der Waals surface area contributed by atoms with Crippen molar-refractivity contribution in [3.8, 4) is 0 Å². The maximum absolute atomic E-state index is 12.4. The minimum atomic E-state index is -0.326. The molecule has 0 saturated carbocycles. The molecule has 0 radical (unpaired) electrons. The minimum Gasteiger partial charge on any atom is -0.465 e. The van der Waals surface area contributed by atoms with E-state index in [0.29, 0.717) is 17.0 Å². The fourth-order valence-corrected chi connectivity index (χ4v) is 5.22. The van der Waals surface area contributed by atoms with Crippen LogP contribution in [0, 0.1) is 0 Å². The molecule has 1 saturated heterocycles. The first-order valence-electron chi connectivity index (χ1n) is 9.55. The Hall–Kier alpha value is -1.40. The summed E-state index contributed by atoms with van der Waals surface area (Å²) in [4.78, 5) is 27.4. The van der Waals surface area contributed by atoms with Gasteiger partial charge >= 0.3 is 5.97 Å². The summed E-state index contributed by atoms with van der Waals surface area (Å²) in [5.74, 6) is -0.312. The van der Waals surface area contributed by atoms with Crippen molar-refractivity contribution in [1.82, 2.24) is 0 Å². The third kappa shape index (κ3) is 4.61. The Morgan fingerprint density at radius 1 is 1.08 bits per heavy atom. The van der Waals surface area contributed by atoms with Crippen molar-refractivity contribution in [2.24, 2.45) is 0 Å². The normalized spacial score (nSPS) is 18.3.